The third kappa shape index (κ3) is 3.99. The number of ether oxygens (including phenoxy) is 1. The summed E-state index contributed by atoms with van der Waals surface area (Å²) in [5.41, 5.74) is 7.43. The van der Waals surface area contributed by atoms with Crippen molar-refractivity contribution in [1.82, 2.24) is 0 Å². The Morgan fingerprint density at radius 1 is 1.15 bits per heavy atom. The van der Waals surface area contributed by atoms with Gasteiger partial charge >= 0.3 is 0 Å². The molecule has 0 bridgehead atoms. The van der Waals surface area contributed by atoms with Crippen LogP contribution in [0.25, 0.3) is 0 Å². The van der Waals surface area contributed by atoms with Gasteiger partial charge in [0.1, 0.15) is 11.9 Å². The van der Waals surface area contributed by atoms with E-state index in [-0.39, 0.29) is 11.5 Å². The molecule has 0 radical (unpaired) electrons. The third-order valence-electron chi connectivity index (χ3n) is 4.38. The van der Waals surface area contributed by atoms with Crippen LogP contribution in [0.2, 0.25) is 0 Å². The highest BCUT2D eigenvalue weighted by Gasteiger charge is 2.24. The fourth-order valence-corrected chi connectivity index (χ4v) is 2.99. The minimum atomic E-state index is 0.163. The van der Waals surface area contributed by atoms with E-state index in [1.165, 1.54) is 31.2 Å². The first-order chi connectivity index (χ1) is 9.50. The van der Waals surface area contributed by atoms with E-state index in [1.54, 1.807) is 0 Å². The van der Waals surface area contributed by atoms with E-state index < -0.39 is 0 Å². The van der Waals surface area contributed by atoms with Crippen LogP contribution < -0.4 is 10.5 Å². The van der Waals surface area contributed by atoms with E-state index in [9.17, 15) is 0 Å². The molecule has 0 aromatic heterocycles. The highest BCUT2D eigenvalue weighted by atomic mass is 16.5. The summed E-state index contributed by atoms with van der Waals surface area (Å²) >= 11 is 0. The van der Waals surface area contributed by atoms with E-state index in [0.29, 0.717) is 5.92 Å². The maximum Gasteiger partial charge on any atom is 0.120 e. The fraction of sp³-hybridized carbons (Fsp3) is 0.667. The van der Waals surface area contributed by atoms with Crippen LogP contribution in [0.4, 0.5) is 0 Å². The average molecular weight is 275 g/mol. The van der Waals surface area contributed by atoms with Crippen molar-refractivity contribution in [2.75, 3.05) is 6.54 Å². The molecule has 2 rings (SSSR count). The summed E-state index contributed by atoms with van der Waals surface area (Å²) in [6.07, 6.45) is 6.52. The monoisotopic (exact) mass is 275 g/mol. The van der Waals surface area contributed by atoms with Gasteiger partial charge in [-0.2, -0.15) is 0 Å². The first kappa shape index (κ1) is 15.4. The molecule has 1 aliphatic rings. The molecule has 0 saturated heterocycles. The molecule has 0 amide bonds. The van der Waals surface area contributed by atoms with Crippen molar-refractivity contribution in [3.63, 3.8) is 0 Å². The van der Waals surface area contributed by atoms with Crippen molar-refractivity contribution in [1.29, 1.82) is 0 Å². The Hall–Kier alpha value is -1.02. The van der Waals surface area contributed by atoms with Crippen molar-refractivity contribution in [2.45, 2.75) is 64.4 Å². The van der Waals surface area contributed by atoms with Crippen molar-refractivity contribution in [3.8, 4) is 5.75 Å². The van der Waals surface area contributed by atoms with Crippen LogP contribution in [0, 0.1) is 5.92 Å². The Kier molecular flexibility index (Phi) is 5.09. The highest BCUT2D eigenvalue weighted by molar-refractivity contribution is 5.32. The molecule has 0 aliphatic heterocycles. The summed E-state index contributed by atoms with van der Waals surface area (Å²) in [6.45, 7) is 7.45. The molecule has 1 aliphatic carbocycles. The summed E-state index contributed by atoms with van der Waals surface area (Å²) in [7, 11) is 0. The number of benzene rings is 1. The van der Waals surface area contributed by atoms with Crippen molar-refractivity contribution in [3.05, 3.63) is 29.8 Å². The summed E-state index contributed by atoms with van der Waals surface area (Å²) in [6, 6.07) is 8.55. The second-order valence-corrected chi connectivity index (χ2v) is 7.07. The molecule has 1 aromatic rings. The van der Waals surface area contributed by atoms with Crippen molar-refractivity contribution in [2.24, 2.45) is 11.7 Å². The fourth-order valence-electron chi connectivity index (χ4n) is 2.99. The molecule has 2 nitrogen and oxygen atoms in total. The molecule has 1 fully saturated rings. The minimum absolute atomic E-state index is 0.163. The molecule has 2 unspecified atom stereocenters. The van der Waals surface area contributed by atoms with Gasteiger partial charge in [-0.15, -0.1) is 0 Å². The molecule has 112 valence electrons. The molecule has 2 N–H and O–H groups in total. The van der Waals surface area contributed by atoms with Gasteiger partial charge in [-0.25, -0.2) is 0 Å². The molecule has 2 atom stereocenters. The smallest absolute Gasteiger partial charge is 0.120 e. The predicted molar refractivity (Wildman–Crippen MR) is 85.2 cm³/mol. The second kappa shape index (κ2) is 6.62. The molecule has 0 spiro atoms. The maximum atomic E-state index is 6.29. The summed E-state index contributed by atoms with van der Waals surface area (Å²) in [5, 5.41) is 0. The van der Waals surface area contributed by atoms with Crippen LogP contribution in [-0.2, 0) is 5.41 Å². The Morgan fingerprint density at radius 3 is 2.60 bits per heavy atom. The van der Waals surface area contributed by atoms with Gasteiger partial charge in [0, 0.05) is 5.92 Å². The van der Waals surface area contributed by atoms with Gasteiger partial charge in [0.15, 0.2) is 0 Å². The zero-order chi connectivity index (χ0) is 14.6. The van der Waals surface area contributed by atoms with Crippen LogP contribution in [0.5, 0.6) is 5.75 Å². The van der Waals surface area contributed by atoms with Gasteiger partial charge < -0.3 is 10.5 Å². The van der Waals surface area contributed by atoms with E-state index in [1.807, 2.05) is 0 Å². The maximum absolute atomic E-state index is 6.29. The lowest BCUT2D eigenvalue weighted by Gasteiger charge is -2.26. The number of hydrogen-bond donors (Lipinski definition) is 1. The zero-order valence-electron chi connectivity index (χ0n) is 13.2. The van der Waals surface area contributed by atoms with E-state index in [2.05, 4.69) is 45.0 Å². The Labute approximate surface area is 123 Å². The lowest BCUT2D eigenvalue weighted by atomic mass is 9.87. The largest absolute Gasteiger partial charge is 0.490 e. The van der Waals surface area contributed by atoms with E-state index >= 15 is 0 Å². The minimum Gasteiger partial charge on any atom is -0.490 e. The first-order valence-electron chi connectivity index (χ1n) is 7.98. The third-order valence-corrected chi connectivity index (χ3v) is 4.38. The van der Waals surface area contributed by atoms with Crippen LogP contribution in [0.15, 0.2) is 24.3 Å². The molecule has 2 heteroatoms. The quantitative estimate of drug-likeness (QED) is 0.836. The van der Waals surface area contributed by atoms with Gasteiger partial charge in [-0.05, 0) is 48.9 Å². The highest BCUT2D eigenvalue weighted by Crippen LogP contribution is 2.30. The first-order valence-corrected chi connectivity index (χ1v) is 7.98. The lowest BCUT2D eigenvalue weighted by Crippen LogP contribution is -2.31. The van der Waals surface area contributed by atoms with Gasteiger partial charge in [0.25, 0.3) is 0 Å². The SMILES string of the molecule is CC(C)(C)c1cccc(OC2CCCCCC2CN)c1. The lowest BCUT2D eigenvalue weighted by molar-refractivity contribution is 0.129. The molecular formula is C18H29NO. The Morgan fingerprint density at radius 2 is 1.90 bits per heavy atom. The van der Waals surface area contributed by atoms with Crippen LogP contribution in [-0.4, -0.2) is 12.6 Å². The van der Waals surface area contributed by atoms with E-state index in [4.69, 9.17) is 10.5 Å². The second-order valence-electron chi connectivity index (χ2n) is 7.07. The van der Waals surface area contributed by atoms with Gasteiger partial charge in [0.2, 0.25) is 0 Å². The number of rotatable bonds is 3. The molecule has 0 heterocycles. The van der Waals surface area contributed by atoms with Gasteiger partial charge in [-0.1, -0.05) is 45.7 Å². The molecule has 1 aromatic carbocycles. The zero-order valence-corrected chi connectivity index (χ0v) is 13.2. The van der Waals surface area contributed by atoms with Crippen molar-refractivity contribution >= 4 is 0 Å². The van der Waals surface area contributed by atoms with Crippen LogP contribution in [0.3, 0.4) is 0 Å². The predicted octanol–water partition coefficient (Wildman–Crippen LogP) is 4.27. The molecule has 20 heavy (non-hydrogen) atoms. The standard InChI is InChI=1S/C18H29NO/c1-18(2,3)15-9-7-10-16(12-15)20-17-11-6-4-5-8-14(17)13-19/h7,9-10,12,14,17H,4-6,8,11,13,19H2,1-3H3. The molecular weight excluding hydrogens is 246 g/mol. The summed E-state index contributed by atoms with van der Waals surface area (Å²) in [5.74, 6) is 1.51. The average Bonchev–Trinajstić information content (AvgIpc) is 2.63. The number of hydrogen-bond acceptors (Lipinski definition) is 2. The van der Waals surface area contributed by atoms with Gasteiger partial charge in [0.05, 0.1) is 0 Å². The normalized spacial score (nSPS) is 24.2. The summed E-state index contributed by atoms with van der Waals surface area (Å²) in [4.78, 5) is 0. The topological polar surface area (TPSA) is 35.2 Å². The Bertz CT molecular complexity index is 422. The Balaban J connectivity index is 2.11. The van der Waals surface area contributed by atoms with Crippen LogP contribution >= 0.6 is 0 Å². The van der Waals surface area contributed by atoms with Crippen molar-refractivity contribution < 1.29 is 4.74 Å². The molecule has 1 saturated carbocycles. The van der Waals surface area contributed by atoms with Gasteiger partial charge in [-0.3, -0.25) is 0 Å². The summed E-state index contributed by atoms with van der Waals surface area (Å²) < 4.78 is 6.29. The van der Waals surface area contributed by atoms with Crippen LogP contribution in [0.1, 0.15) is 58.4 Å². The number of nitrogens with two attached hydrogens (primary N) is 1. The van der Waals surface area contributed by atoms with E-state index in [0.717, 1.165) is 18.7 Å².